The van der Waals surface area contributed by atoms with E-state index in [0.29, 0.717) is 0 Å². The van der Waals surface area contributed by atoms with E-state index in [2.05, 4.69) is 10.3 Å². The molecule has 1 aromatic heterocycles. The predicted molar refractivity (Wildman–Crippen MR) is 67.4 cm³/mol. The molecule has 0 aliphatic carbocycles. The summed E-state index contributed by atoms with van der Waals surface area (Å²) >= 11 is 0. The Morgan fingerprint density at radius 3 is 2.59 bits per heavy atom. The van der Waals surface area contributed by atoms with Crippen LogP contribution in [-0.2, 0) is 0 Å². The molecule has 0 amide bonds. The van der Waals surface area contributed by atoms with Crippen LogP contribution in [0.2, 0.25) is 0 Å². The van der Waals surface area contributed by atoms with Crippen molar-refractivity contribution < 1.29 is 4.39 Å². The van der Waals surface area contributed by atoms with Crippen LogP contribution in [0.4, 0.5) is 10.1 Å². The normalized spacial score (nSPS) is 12.2. The molecule has 3 heteroatoms. The second-order valence-corrected chi connectivity index (χ2v) is 4.08. The van der Waals surface area contributed by atoms with E-state index < -0.39 is 0 Å². The molecule has 0 aliphatic heterocycles. The summed E-state index contributed by atoms with van der Waals surface area (Å²) in [6, 6.07) is 11.2. The van der Waals surface area contributed by atoms with Crippen LogP contribution in [0.5, 0.6) is 0 Å². The van der Waals surface area contributed by atoms with Crippen molar-refractivity contribution in [3.8, 4) is 0 Å². The number of hydrogen-bond donors (Lipinski definition) is 1. The van der Waals surface area contributed by atoms with Crippen LogP contribution >= 0.6 is 0 Å². The molecule has 1 aromatic carbocycles. The summed E-state index contributed by atoms with van der Waals surface area (Å²) in [7, 11) is 0. The zero-order chi connectivity index (χ0) is 12.3. The monoisotopic (exact) mass is 230 g/mol. The van der Waals surface area contributed by atoms with Crippen LogP contribution in [0, 0.1) is 12.7 Å². The number of nitrogens with one attached hydrogen (secondary N) is 1. The van der Waals surface area contributed by atoms with Crippen molar-refractivity contribution in [2.75, 3.05) is 5.32 Å². The molecule has 1 unspecified atom stereocenters. The maximum Gasteiger partial charge on any atom is 0.141 e. The van der Waals surface area contributed by atoms with Crippen LogP contribution in [0.3, 0.4) is 0 Å². The van der Waals surface area contributed by atoms with Crippen LogP contribution < -0.4 is 5.32 Å². The summed E-state index contributed by atoms with van der Waals surface area (Å²) in [4.78, 5) is 4.07. The molecular formula is C14H15FN2. The summed E-state index contributed by atoms with van der Waals surface area (Å²) in [6.45, 7) is 4.06. The second kappa shape index (κ2) is 4.95. The van der Waals surface area contributed by atoms with E-state index in [-0.39, 0.29) is 11.9 Å². The van der Waals surface area contributed by atoms with Crippen molar-refractivity contribution in [2.24, 2.45) is 0 Å². The highest BCUT2D eigenvalue weighted by molar-refractivity contribution is 5.51. The molecule has 1 N–H and O–H groups in total. The molecule has 0 saturated heterocycles. The number of pyridine rings is 1. The van der Waals surface area contributed by atoms with Gasteiger partial charge in [-0.15, -0.1) is 0 Å². The van der Waals surface area contributed by atoms with Gasteiger partial charge in [0.05, 0.1) is 17.9 Å². The summed E-state index contributed by atoms with van der Waals surface area (Å²) < 4.78 is 12.8. The zero-order valence-corrected chi connectivity index (χ0v) is 9.94. The average Bonchev–Trinajstić information content (AvgIpc) is 2.33. The Hall–Kier alpha value is -1.90. The number of anilines is 1. The maximum absolute atomic E-state index is 12.8. The van der Waals surface area contributed by atoms with Gasteiger partial charge >= 0.3 is 0 Å². The first-order valence-electron chi connectivity index (χ1n) is 5.60. The molecule has 0 bridgehead atoms. The third-order valence-corrected chi connectivity index (χ3v) is 2.71. The average molecular weight is 230 g/mol. The fourth-order valence-corrected chi connectivity index (χ4v) is 1.69. The molecule has 0 saturated carbocycles. The first-order valence-corrected chi connectivity index (χ1v) is 5.60. The fraction of sp³-hybridized carbons (Fsp3) is 0.214. The predicted octanol–water partition coefficient (Wildman–Crippen LogP) is 3.70. The van der Waals surface area contributed by atoms with Gasteiger partial charge in [0.2, 0.25) is 0 Å². The molecule has 1 heterocycles. The van der Waals surface area contributed by atoms with Gasteiger partial charge in [0.15, 0.2) is 0 Å². The minimum atomic E-state index is -0.308. The molecule has 2 nitrogen and oxygen atoms in total. The molecule has 0 radical (unpaired) electrons. The highest BCUT2D eigenvalue weighted by atomic mass is 19.1. The molecule has 88 valence electrons. The SMILES string of the molecule is Cc1ccccc1NC(C)c1ccc(F)cn1. The van der Waals surface area contributed by atoms with Gasteiger partial charge in [0, 0.05) is 5.69 Å². The van der Waals surface area contributed by atoms with Gasteiger partial charge in [-0.2, -0.15) is 0 Å². The smallest absolute Gasteiger partial charge is 0.141 e. The lowest BCUT2D eigenvalue weighted by molar-refractivity contribution is 0.617. The van der Waals surface area contributed by atoms with E-state index in [1.54, 1.807) is 6.07 Å². The third kappa shape index (κ3) is 2.81. The molecular weight excluding hydrogens is 215 g/mol. The number of hydrogen-bond acceptors (Lipinski definition) is 2. The summed E-state index contributed by atoms with van der Waals surface area (Å²) in [5.41, 5.74) is 3.09. The lowest BCUT2D eigenvalue weighted by Crippen LogP contribution is -2.09. The van der Waals surface area contributed by atoms with Crippen molar-refractivity contribution in [1.29, 1.82) is 0 Å². The topological polar surface area (TPSA) is 24.9 Å². The third-order valence-electron chi connectivity index (χ3n) is 2.71. The molecule has 17 heavy (non-hydrogen) atoms. The second-order valence-electron chi connectivity index (χ2n) is 4.08. The van der Waals surface area contributed by atoms with Gasteiger partial charge in [-0.05, 0) is 37.6 Å². The number of rotatable bonds is 3. The quantitative estimate of drug-likeness (QED) is 0.869. The van der Waals surface area contributed by atoms with Crippen molar-refractivity contribution in [1.82, 2.24) is 4.98 Å². The van der Waals surface area contributed by atoms with E-state index in [9.17, 15) is 4.39 Å². The molecule has 0 fully saturated rings. The summed E-state index contributed by atoms with van der Waals surface area (Å²) in [6.07, 6.45) is 1.24. The fourth-order valence-electron chi connectivity index (χ4n) is 1.69. The molecule has 2 aromatic rings. The maximum atomic E-state index is 12.8. The molecule has 1 atom stereocenters. The lowest BCUT2D eigenvalue weighted by atomic mass is 10.1. The van der Waals surface area contributed by atoms with Crippen LogP contribution in [0.1, 0.15) is 24.2 Å². The number of benzene rings is 1. The molecule has 0 aliphatic rings. The van der Waals surface area contributed by atoms with E-state index >= 15 is 0 Å². The van der Waals surface area contributed by atoms with Gasteiger partial charge in [-0.3, -0.25) is 4.98 Å². The van der Waals surface area contributed by atoms with Crippen molar-refractivity contribution in [3.05, 3.63) is 59.7 Å². The largest absolute Gasteiger partial charge is 0.377 e. The highest BCUT2D eigenvalue weighted by Gasteiger charge is 2.07. The number of aromatic nitrogens is 1. The highest BCUT2D eigenvalue weighted by Crippen LogP contribution is 2.20. The Morgan fingerprint density at radius 2 is 1.94 bits per heavy atom. The van der Waals surface area contributed by atoms with E-state index in [4.69, 9.17) is 0 Å². The van der Waals surface area contributed by atoms with Gasteiger partial charge in [-0.25, -0.2) is 4.39 Å². The minimum Gasteiger partial charge on any atom is -0.377 e. The van der Waals surface area contributed by atoms with E-state index in [0.717, 1.165) is 11.4 Å². The number of aryl methyl sites for hydroxylation is 1. The number of para-hydroxylation sites is 1. The first kappa shape index (κ1) is 11.6. The Morgan fingerprint density at radius 1 is 1.18 bits per heavy atom. The standard InChI is InChI=1S/C14H15FN2/c1-10-5-3-4-6-13(10)17-11(2)14-8-7-12(15)9-16-14/h3-9,11,17H,1-2H3. The van der Waals surface area contributed by atoms with Crippen molar-refractivity contribution in [2.45, 2.75) is 19.9 Å². The van der Waals surface area contributed by atoms with Crippen LogP contribution in [0.15, 0.2) is 42.6 Å². The van der Waals surface area contributed by atoms with E-state index in [1.807, 2.05) is 38.1 Å². The van der Waals surface area contributed by atoms with Gasteiger partial charge < -0.3 is 5.32 Å². The number of halogens is 1. The Kier molecular flexibility index (Phi) is 3.38. The number of nitrogens with zero attached hydrogens (tertiary/aromatic N) is 1. The summed E-state index contributed by atoms with van der Waals surface area (Å²) in [5.74, 6) is -0.308. The van der Waals surface area contributed by atoms with Crippen LogP contribution in [0.25, 0.3) is 0 Å². The Balaban J connectivity index is 2.14. The van der Waals surface area contributed by atoms with E-state index in [1.165, 1.54) is 17.8 Å². The Bertz CT molecular complexity index is 494. The lowest BCUT2D eigenvalue weighted by Gasteiger charge is -2.16. The van der Waals surface area contributed by atoms with Gasteiger partial charge in [-0.1, -0.05) is 18.2 Å². The molecule has 0 spiro atoms. The minimum absolute atomic E-state index is 0.0525. The van der Waals surface area contributed by atoms with Crippen molar-refractivity contribution >= 4 is 5.69 Å². The van der Waals surface area contributed by atoms with Crippen LogP contribution in [-0.4, -0.2) is 4.98 Å². The van der Waals surface area contributed by atoms with Gasteiger partial charge in [0.25, 0.3) is 0 Å². The Labute approximate surface area is 101 Å². The van der Waals surface area contributed by atoms with Gasteiger partial charge in [0.1, 0.15) is 5.82 Å². The zero-order valence-electron chi connectivity index (χ0n) is 9.94. The summed E-state index contributed by atoms with van der Waals surface area (Å²) in [5, 5.41) is 3.36. The first-order chi connectivity index (χ1) is 8.16. The molecule has 2 rings (SSSR count). The van der Waals surface area contributed by atoms with Crippen molar-refractivity contribution in [3.63, 3.8) is 0 Å².